The molecule has 0 atom stereocenters. The molecule has 0 saturated heterocycles. The van der Waals surface area contributed by atoms with E-state index in [0.717, 1.165) is 0 Å². The predicted molar refractivity (Wildman–Crippen MR) is 115 cm³/mol. The quantitative estimate of drug-likeness (QED) is 0.581. The van der Waals surface area contributed by atoms with Crippen LogP contribution in [0.2, 0.25) is 5.15 Å². The van der Waals surface area contributed by atoms with E-state index in [-0.39, 0.29) is 18.2 Å². The number of nitrogens with zero attached hydrogens (tertiary/aromatic N) is 4. The third-order valence-electron chi connectivity index (χ3n) is 4.11. The molecule has 0 unspecified atom stereocenters. The first-order valence-electron chi connectivity index (χ1n) is 9.64. The fraction of sp³-hybridized carbons (Fsp3) is 0.381. The van der Waals surface area contributed by atoms with Crippen LogP contribution in [0.15, 0.2) is 36.5 Å². The Morgan fingerprint density at radius 3 is 2.53 bits per heavy atom. The lowest BCUT2D eigenvalue weighted by atomic mass is 10.2. The van der Waals surface area contributed by atoms with Crippen molar-refractivity contribution in [3.63, 3.8) is 0 Å². The van der Waals surface area contributed by atoms with Gasteiger partial charge in [-0.25, -0.2) is 14.7 Å². The van der Waals surface area contributed by atoms with Crippen LogP contribution in [0.1, 0.15) is 33.3 Å². The van der Waals surface area contributed by atoms with E-state index < -0.39 is 11.7 Å². The van der Waals surface area contributed by atoms with E-state index in [1.165, 1.54) is 9.42 Å². The molecule has 0 saturated carbocycles. The molecule has 1 amide bonds. The van der Waals surface area contributed by atoms with Gasteiger partial charge in [0, 0.05) is 24.7 Å². The Balaban J connectivity index is 2.23. The Morgan fingerprint density at radius 2 is 1.93 bits per heavy atom. The fourth-order valence-corrected chi connectivity index (χ4v) is 3.23. The van der Waals surface area contributed by atoms with Crippen molar-refractivity contribution in [2.45, 2.75) is 39.7 Å². The molecule has 3 aromatic rings. The van der Waals surface area contributed by atoms with Crippen LogP contribution in [0.4, 0.5) is 16.3 Å². The minimum Gasteiger partial charge on any atom is -0.494 e. The van der Waals surface area contributed by atoms with Gasteiger partial charge in [0.25, 0.3) is 0 Å². The van der Waals surface area contributed by atoms with Gasteiger partial charge in [-0.05, 0) is 52.0 Å². The highest BCUT2D eigenvalue weighted by Gasteiger charge is 2.30. The highest BCUT2D eigenvalue weighted by Crippen LogP contribution is 2.35. The molecule has 0 radical (unpaired) electrons. The number of rotatable bonds is 6. The van der Waals surface area contributed by atoms with Crippen LogP contribution in [0.5, 0.6) is 5.75 Å². The molecule has 2 aromatic heterocycles. The first-order chi connectivity index (χ1) is 14.2. The summed E-state index contributed by atoms with van der Waals surface area (Å²) in [5.41, 5.74) is 0.759. The van der Waals surface area contributed by atoms with Crippen LogP contribution in [0, 0.1) is 0 Å². The first kappa shape index (κ1) is 21.9. The van der Waals surface area contributed by atoms with E-state index in [1.807, 2.05) is 6.92 Å². The molecule has 1 N–H and O–H groups in total. The summed E-state index contributed by atoms with van der Waals surface area (Å²) in [5, 5.41) is 14.1. The van der Waals surface area contributed by atoms with Gasteiger partial charge in [0.1, 0.15) is 16.5 Å². The van der Waals surface area contributed by atoms with Crippen molar-refractivity contribution in [3.05, 3.63) is 47.2 Å². The molecular formula is C21H25ClN4O4. The maximum Gasteiger partial charge on any atom is 0.420 e. The first-order valence-corrected chi connectivity index (χ1v) is 10.0. The van der Waals surface area contributed by atoms with E-state index in [4.69, 9.17) is 21.1 Å². The SMILES string of the molecule is CCOc1ccc(N(C(=O)OC(C)(C)C)c2c(CCO)c(Cl)nc3ccnn23)cc1. The molecule has 9 heteroatoms. The summed E-state index contributed by atoms with van der Waals surface area (Å²) in [7, 11) is 0. The number of amides is 1. The van der Waals surface area contributed by atoms with Crippen molar-refractivity contribution >= 4 is 34.8 Å². The number of carbonyl (C=O) groups is 1. The van der Waals surface area contributed by atoms with Crippen LogP contribution in [-0.4, -0.2) is 44.6 Å². The second kappa shape index (κ2) is 8.89. The third-order valence-corrected chi connectivity index (χ3v) is 4.42. The van der Waals surface area contributed by atoms with Crippen molar-refractivity contribution in [1.82, 2.24) is 14.6 Å². The molecule has 0 aliphatic carbocycles. The lowest BCUT2D eigenvalue weighted by Crippen LogP contribution is -2.35. The number of halogens is 1. The zero-order valence-corrected chi connectivity index (χ0v) is 18.2. The Morgan fingerprint density at radius 1 is 1.23 bits per heavy atom. The fourth-order valence-electron chi connectivity index (χ4n) is 2.97. The Bertz CT molecular complexity index is 1030. The second-order valence-electron chi connectivity index (χ2n) is 7.52. The number of carbonyl (C=O) groups excluding carboxylic acids is 1. The molecule has 0 aliphatic heterocycles. The van der Waals surface area contributed by atoms with Gasteiger partial charge >= 0.3 is 6.09 Å². The van der Waals surface area contributed by atoms with Crippen molar-refractivity contribution < 1.29 is 19.4 Å². The number of fused-ring (bicyclic) bond motifs is 1. The topological polar surface area (TPSA) is 89.2 Å². The number of anilines is 2. The van der Waals surface area contributed by atoms with Crippen molar-refractivity contribution in [3.8, 4) is 5.75 Å². The Kier molecular flexibility index (Phi) is 6.48. The number of aliphatic hydroxyl groups excluding tert-OH is 1. The number of ether oxygens (including phenoxy) is 2. The number of hydrogen-bond donors (Lipinski definition) is 1. The minimum atomic E-state index is -0.724. The second-order valence-corrected chi connectivity index (χ2v) is 7.88. The predicted octanol–water partition coefficient (Wildman–Crippen LogP) is 4.39. The van der Waals surface area contributed by atoms with Crippen LogP contribution >= 0.6 is 11.6 Å². The van der Waals surface area contributed by atoms with E-state index in [0.29, 0.717) is 35.1 Å². The largest absolute Gasteiger partial charge is 0.494 e. The summed E-state index contributed by atoms with van der Waals surface area (Å²) in [5.74, 6) is 1.04. The average molecular weight is 433 g/mol. The molecule has 0 aliphatic rings. The summed E-state index contributed by atoms with van der Waals surface area (Å²) < 4.78 is 12.7. The summed E-state index contributed by atoms with van der Waals surface area (Å²) in [6.07, 6.45) is 1.15. The normalized spacial score (nSPS) is 11.5. The standard InChI is InChI=1S/C21H25ClN4O4/c1-5-29-15-8-6-14(7-9-15)25(20(28)30-21(2,3)4)19-16(11-13-27)18(22)24-17-10-12-23-26(17)19/h6-10,12,27H,5,11,13H2,1-4H3. The highest BCUT2D eigenvalue weighted by molar-refractivity contribution is 6.30. The lowest BCUT2D eigenvalue weighted by molar-refractivity contribution is 0.0597. The molecule has 1 aromatic carbocycles. The van der Waals surface area contributed by atoms with Gasteiger partial charge in [-0.15, -0.1) is 0 Å². The van der Waals surface area contributed by atoms with Crippen molar-refractivity contribution in [1.29, 1.82) is 0 Å². The van der Waals surface area contributed by atoms with Crippen molar-refractivity contribution in [2.75, 3.05) is 18.1 Å². The summed E-state index contributed by atoms with van der Waals surface area (Å²) in [6.45, 7) is 7.63. The van der Waals surface area contributed by atoms with Crippen LogP contribution in [-0.2, 0) is 11.2 Å². The molecule has 160 valence electrons. The van der Waals surface area contributed by atoms with Gasteiger partial charge < -0.3 is 14.6 Å². The van der Waals surface area contributed by atoms with Gasteiger partial charge in [-0.3, -0.25) is 0 Å². The van der Waals surface area contributed by atoms with E-state index in [9.17, 15) is 9.90 Å². The monoisotopic (exact) mass is 432 g/mol. The molecule has 8 nitrogen and oxygen atoms in total. The Labute approximate surface area is 180 Å². The zero-order valence-electron chi connectivity index (χ0n) is 17.4. The van der Waals surface area contributed by atoms with Gasteiger partial charge in [-0.1, -0.05) is 11.6 Å². The van der Waals surface area contributed by atoms with Gasteiger partial charge in [0.15, 0.2) is 11.5 Å². The number of hydrogen-bond acceptors (Lipinski definition) is 6. The number of aromatic nitrogens is 3. The van der Waals surface area contributed by atoms with E-state index >= 15 is 0 Å². The minimum absolute atomic E-state index is 0.174. The van der Waals surface area contributed by atoms with Gasteiger partial charge in [0.2, 0.25) is 0 Å². The van der Waals surface area contributed by atoms with Crippen LogP contribution in [0.3, 0.4) is 0 Å². The molecule has 3 rings (SSSR count). The summed E-state index contributed by atoms with van der Waals surface area (Å²) in [4.78, 5) is 19.0. The maximum atomic E-state index is 13.3. The Hall–Kier alpha value is -2.84. The van der Waals surface area contributed by atoms with Crippen molar-refractivity contribution in [2.24, 2.45) is 0 Å². The van der Waals surface area contributed by atoms with Crippen LogP contribution < -0.4 is 9.64 Å². The van der Waals surface area contributed by atoms with Gasteiger partial charge in [0.05, 0.1) is 18.5 Å². The molecule has 30 heavy (non-hydrogen) atoms. The highest BCUT2D eigenvalue weighted by atomic mass is 35.5. The molecular weight excluding hydrogens is 408 g/mol. The smallest absolute Gasteiger partial charge is 0.420 e. The van der Waals surface area contributed by atoms with E-state index in [2.05, 4.69) is 10.1 Å². The third kappa shape index (κ3) is 4.66. The van der Waals surface area contributed by atoms with Crippen LogP contribution in [0.25, 0.3) is 5.65 Å². The average Bonchev–Trinajstić information content (AvgIpc) is 3.12. The molecule has 2 heterocycles. The molecule has 0 bridgehead atoms. The van der Waals surface area contributed by atoms with Gasteiger partial charge in [-0.2, -0.15) is 9.61 Å². The van der Waals surface area contributed by atoms with E-state index in [1.54, 1.807) is 57.3 Å². The zero-order chi connectivity index (χ0) is 21.9. The molecule has 0 fully saturated rings. The summed E-state index contributed by atoms with van der Waals surface area (Å²) >= 11 is 6.42. The molecule has 0 spiro atoms. The number of benzene rings is 1. The lowest BCUT2D eigenvalue weighted by Gasteiger charge is -2.29. The maximum absolute atomic E-state index is 13.3. The summed E-state index contributed by atoms with van der Waals surface area (Å²) in [6, 6.07) is 8.72. The number of aliphatic hydroxyl groups is 1.